The molecule has 5 nitrogen and oxygen atoms in total. The molecule has 2 amide bonds. The number of carbonyl (C=O) groups excluding carboxylic acids is 2. The smallest absolute Gasteiger partial charge is 0.279 e. The molecule has 0 aromatic heterocycles. The molecule has 0 bridgehead atoms. The summed E-state index contributed by atoms with van der Waals surface area (Å²) in [6.07, 6.45) is 4.66. The second-order valence-electron chi connectivity index (χ2n) is 7.94. The summed E-state index contributed by atoms with van der Waals surface area (Å²) in [6, 6.07) is 13.4. The van der Waals surface area contributed by atoms with E-state index in [9.17, 15) is 9.59 Å². The minimum absolute atomic E-state index is 0.0532. The zero-order valence-electron chi connectivity index (χ0n) is 16.5. The number of hydrogen-bond donors (Lipinski definition) is 2. The van der Waals surface area contributed by atoms with Gasteiger partial charge in [0.05, 0.1) is 36.9 Å². The Morgan fingerprint density at radius 1 is 1.00 bits per heavy atom. The number of hydrogen-bond acceptors (Lipinski definition) is 2. The summed E-state index contributed by atoms with van der Waals surface area (Å²) in [5.74, 6) is 0.0560. The van der Waals surface area contributed by atoms with Crippen LogP contribution in [0.1, 0.15) is 34.3 Å². The molecule has 6 heteroatoms. The van der Waals surface area contributed by atoms with Crippen LogP contribution in [0.25, 0.3) is 0 Å². The number of fused-ring (bicyclic) bond motifs is 1. The molecule has 152 valence electrons. The van der Waals surface area contributed by atoms with Gasteiger partial charge in [-0.15, -0.1) is 0 Å². The number of anilines is 1. The molecule has 1 aliphatic carbocycles. The van der Waals surface area contributed by atoms with Gasteiger partial charge in [-0.05, 0) is 61.1 Å². The molecule has 2 N–H and O–H groups in total. The third-order valence-corrected chi connectivity index (χ3v) is 6.24. The summed E-state index contributed by atoms with van der Waals surface area (Å²) in [6.45, 7) is 3.26. The summed E-state index contributed by atoms with van der Waals surface area (Å²) in [5.41, 5.74) is 4.17. The van der Waals surface area contributed by atoms with Gasteiger partial charge in [-0.3, -0.25) is 9.59 Å². The monoisotopic (exact) mass is 412 g/mol. The molecular weight excluding hydrogens is 386 g/mol. The molecule has 1 heterocycles. The number of amides is 2. The van der Waals surface area contributed by atoms with Crippen molar-refractivity contribution in [3.8, 4) is 0 Å². The van der Waals surface area contributed by atoms with Gasteiger partial charge in [-0.2, -0.15) is 0 Å². The molecule has 0 unspecified atom stereocenters. The van der Waals surface area contributed by atoms with Crippen molar-refractivity contribution in [3.05, 3.63) is 64.2 Å². The Morgan fingerprint density at radius 3 is 2.48 bits per heavy atom. The molecule has 0 spiro atoms. The van der Waals surface area contributed by atoms with Crippen LogP contribution in [0, 0.1) is 0 Å². The summed E-state index contributed by atoms with van der Waals surface area (Å²) in [4.78, 5) is 28.4. The normalized spacial score (nSPS) is 16.9. The average molecular weight is 413 g/mol. The van der Waals surface area contributed by atoms with Crippen LogP contribution >= 0.6 is 11.6 Å². The minimum atomic E-state index is -0.0532. The number of nitrogens with zero attached hydrogens (tertiary/aromatic N) is 1. The maximum Gasteiger partial charge on any atom is 0.279 e. The number of halogens is 1. The minimum Gasteiger partial charge on any atom is -0.327 e. The molecule has 0 atom stereocenters. The van der Waals surface area contributed by atoms with Gasteiger partial charge in [-0.25, -0.2) is 0 Å². The Morgan fingerprint density at radius 2 is 1.72 bits per heavy atom. The van der Waals surface area contributed by atoms with E-state index in [1.54, 1.807) is 12.1 Å². The molecule has 1 saturated heterocycles. The number of benzene rings is 2. The van der Waals surface area contributed by atoms with E-state index in [4.69, 9.17) is 11.6 Å². The summed E-state index contributed by atoms with van der Waals surface area (Å²) in [7, 11) is 0. The lowest BCUT2D eigenvalue weighted by molar-refractivity contribution is -0.895. The third kappa shape index (κ3) is 4.80. The zero-order chi connectivity index (χ0) is 20.2. The maximum absolute atomic E-state index is 12.9. The lowest BCUT2D eigenvalue weighted by Crippen LogP contribution is -3.15. The second-order valence-corrected chi connectivity index (χ2v) is 8.34. The number of piperazine rings is 1. The second kappa shape index (κ2) is 8.97. The van der Waals surface area contributed by atoms with Gasteiger partial charge in [0.25, 0.3) is 11.8 Å². The van der Waals surface area contributed by atoms with Crippen LogP contribution in [-0.2, 0) is 17.6 Å². The fraction of sp³-hybridized carbons (Fsp3) is 0.391. The number of quaternary nitrogens is 1. The first-order valence-corrected chi connectivity index (χ1v) is 10.8. The van der Waals surface area contributed by atoms with E-state index in [0.717, 1.165) is 31.5 Å². The molecule has 4 rings (SSSR count). The van der Waals surface area contributed by atoms with Crippen LogP contribution in [0.3, 0.4) is 0 Å². The Kier molecular flexibility index (Phi) is 6.16. The van der Waals surface area contributed by atoms with Crippen LogP contribution < -0.4 is 10.2 Å². The van der Waals surface area contributed by atoms with Gasteiger partial charge in [-0.1, -0.05) is 29.8 Å². The van der Waals surface area contributed by atoms with Crippen molar-refractivity contribution in [2.75, 3.05) is 38.0 Å². The van der Waals surface area contributed by atoms with E-state index in [-0.39, 0.29) is 11.8 Å². The molecule has 0 radical (unpaired) electrons. The highest BCUT2D eigenvalue weighted by atomic mass is 35.5. The van der Waals surface area contributed by atoms with Crippen LogP contribution in [-0.4, -0.2) is 49.4 Å². The first-order chi connectivity index (χ1) is 14.1. The van der Waals surface area contributed by atoms with Gasteiger partial charge in [0.1, 0.15) is 0 Å². The molecule has 2 aliphatic rings. The lowest BCUT2D eigenvalue weighted by Gasteiger charge is -2.32. The largest absolute Gasteiger partial charge is 0.327 e. The van der Waals surface area contributed by atoms with Crippen molar-refractivity contribution in [2.45, 2.75) is 25.7 Å². The highest BCUT2D eigenvalue weighted by molar-refractivity contribution is 6.33. The van der Waals surface area contributed by atoms with Gasteiger partial charge in [0.2, 0.25) is 0 Å². The highest BCUT2D eigenvalue weighted by Crippen LogP contribution is 2.23. The quantitative estimate of drug-likeness (QED) is 0.808. The predicted octanol–water partition coefficient (Wildman–Crippen LogP) is 2.20. The summed E-state index contributed by atoms with van der Waals surface area (Å²) < 4.78 is 0. The molecule has 1 fully saturated rings. The standard InChI is InChI=1S/C23H26ClN3O2/c24-20-7-3-4-8-21(20)25-22(28)16-26-11-13-27(14-12-26)23(29)19-10-9-17-5-1-2-6-18(17)15-19/h3-4,7-10,15H,1-2,5-6,11-14,16H2,(H,25,28)/p+1. The van der Waals surface area contributed by atoms with Crippen LogP contribution in [0.2, 0.25) is 5.02 Å². The Balaban J connectivity index is 1.29. The van der Waals surface area contributed by atoms with Crippen LogP contribution in [0.5, 0.6) is 0 Å². The first-order valence-electron chi connectivity index (χ1n) is 10.4. The van der Waals surface area contributed by atoms with E-state index < -0.39 is 0 Å². The van der Waals surface area contributed by atoms with Crippen molar-refractivity contribution in [1.29, 1.82) is 0 Å². The predicted molar refractivity (Wildman–Crippen MR) is 115 cm³/mol. The Bertz CT molecular complexity index is 907. The molecular formula is C23H27ClN3O2+. The number of aryl methyl sites for hydroxylation is 2. The fourth-order valence-corrected chi connectivity index (χ4v) is 4.42. The highest BCUT2D eigenvalue weighted by Gasteiger charge is 2.26. The number of para-hydroxylation sites is 1. The van der Waals surface area contributed by atoms with E-state index in [0.29, 0.717) is 30.3 Å². The van der Waals surface area contributed by atoms with Gasteiger partial charge < -0.3 is 15.1 Å². The number of nitrogens with one attached hydrogen (secondary N) is 2. The van der Waals surface area contributed by atoms with Crippen molar-refractivity contribution in [3.63, 3.8) is 0 Å². The van der Waals surface area contributed by atoms with Crippen molar-refractivity contribution in [1.82, 2.24) is 4.90 Å². The van der Waals surface area contributed by atoms with Crippen LogP contribution in [0.4, 0.5) is 5.69 Å². The summed E-state index contributed by atoms with van der Waals surface area (Å²) >= 11 is 6.10. The average Bonchev–Trinajstić information content (AvgIpc) is 2.75. The van der Waals surface area contributed by atoms with E-state index in [1.807, 2.05) is 23.1 Å². The van der Waals surface area contributed by atoms with Crippen molar-refractivity contribution < 1.29 is 14.5 Å². The molecule has 1 aliphatic heterocycles. The van der Waals surface area contributed by atoms with Gasteiger partial charge >= 0.3 is 0 Å². The molecule has 0 saturated carbocycles. The van der Waals surface area contributed by atoms with Crippen LogP contribution in [0.15, 0.2) is 42.5 Å². The summed E-state index contributed by atoms with van der Waals surface area (Å²) in [5, 5.41) is 3.41. The Labute approximate surface area is 176 Å². The van der Waals surface area contributed by atoms with Gasteiger partial charge in [0.15, 0.2) is 6.54 Å². The SMILES string of the molecule is O=C(C[NH+]1CCN(C(=O)c2ccc3c(c2)CCCC3)CC1)Nc1ccccc1Cl. The molecule has 2 aromatic rings. The van der Waals surface area contributed by atoms with Crippen molar-refractivity contribution >= 4 is 29.1 Å². The van der Waals surface area contributed by atoms with E-state index >= 15 is 0 Å². The van der Waals surface area contributed by atoms with Gasteiger partial charge in [0, 0.05) is 5.56 Å². The number of carbonyl (C=O) groups is 2. The zero-order valence-corrected chi connectivity index (χ0v) is 17.3. The van der Waals surface area contributed by atoms with E-state index in [1.165, 1.54) is 28.9 Å². The topological polar surface area (TPSA) is 53.9 Å². The maximum atomic E-state index is 12.9. The molecule has 2 aromatic carbocycles. The lowest BCUT2D eigenvalue weighted by atomic mass is 9.90. The Hall–Kier alpha value is -2.37. The van der Waals surface area contributed by atoms with E-state index in [2.05, 4.69) is 17.4 Å². The van der Waals surface area contributed by atoms with Crippen molar-refractivity contribution in [2.24, 2.45) is 0 Å². The first kappa shape index (κ1) is 19.9. The number of rotatable bonds is 4. The third-order valence-electron chi connectivity index (χ3n) is 5.91. The molecule has 29 heavy (non-hydrogen) atoms. The fourth-order valence-electron chi connectivity index (χ4n) is 4.24.